The predicted molar refractivity (Wildman–Crippen MR) is 120 cm³/mol. The number of ether oxygens (including phenoxy) is 1. The molecule has 0 aliphatic heterocycles. The van der Waals surface area contributed by atoms with E-state index in [2.05, 4.69) is 11.7 Å². The largest absolute Gasteiger partial charge is 0.429 e. The molecule has 7 heteroatoms. The molecule has 0 heterocycles. The van der Waals surface area contributed by atoms with Gasteiger partial charge >= 0.3 is 6.11 Å². The molecular weight excluding hydrogens is 449 g/mol. The second-order valence-electron chi connectivity index (χ2n) is 9.23. The molecule has 1 saturated carbocycles. The number of halogens is 5. The Hall–Kier alpha value is -2.62. The summed E-state index contributed by atoms with van der Waals surface area (Å²) >= 11 is 0. The Morgan fingerprint density at radius 3 is 2.09 bits per heavy atom. The van der Waals surface area contributed by atoms with Crippen LogP contribution in [0.25, 0.3) is 0 Å². The lowest BCUT2D eigenvalue weighted by atomic mass is 9.78. The molecule has 1 aliphatic rings. The van der Waals surface area contributed by atoms with E-state index in [0.717, 1.165) is 37.3 Å². The lowest BCUT2D eigenvalue weighted by Crippen LogP contribution is -2.24. The number of unbranched alkanes of at least 4 members (excludes halogenated alkanes) is 2. The molecule has 0 unspecified atom stereocenters. The summed E-state index contributed by atoms with van der Waals surface area (Å²) in [6, 6.07) is 5.70. The van der Waals surface area contributed by atoms with Crippen molar-refractivity contribution in [1.29, 1.82) is 5.26 Å². The minimum atomic E-state index is -4.15. The number of alkyl halides is 2. The molecule has 0 amide bonds. The minimum Gasteiger partial charge on any atom is -0.429 e. The van der Waals surface area contributed by atoms with Gasteiger partial charge in [-0.3, -0.25) is 0 Å². The summed E-state index contributed by atoms with van der Waals surface area (Å²) in [6.45, 7) is 2.21. The van der Waals surface area contributed by atoms with Crippen molar-refractivity contribution < 1.29 is 26.7 Å². The standard InChI is InChI=1S/C27H30F5NO/c1-2-3-4-5-18-6-8-19(9-7-18)10-11-20-12-13-23(26(30)14-20)27(31,32)34-21-15-24(28)22(17-33)25(29)16-21/h12-16,18-19H,2-11H2,1H3/t18-,19-. The molecule has 1 fully saturated rings. The zero-order valence-corrected chi connectivity index (χ0v) is 19.4. The van der Waals surface area contributed by atoms with Gasteiger partial charge in [-0.05, 0) is 42.4 Å². The number of aryl methyl sites for hydroxylation is 1. The van der Waals surface area contributed by atoms with Crippen molar-refractivity contribution in [3.63, 3.8) is 0 Å². The van der Waals surface area contributed by atoms with Crippen LogP contribution in [0.1, 0.15) is 81.4 Å². The topological polar surface area (TPSA) is 33.0 Å². The molecule has 34 heavy (non-hydrogen) atoms. The molecule has 1 aliphatic carbocycles. The number of nitriles is 1. The van der Waals surface area contributed by atoms with Crippen LogP contribution in [-0.2, 0) is 12.5 Å². The van der Waals surface area contributed by atoms with Crippen molar-refractivity contribution in [3.8, 4) is 11.8 Å². The summed E-state index contributed by atoms with van der Waals surface area (Å²) in [5.41, 5.74) is -1.30. The molecule has 2 aromatic rings. The fourth-order valence-corrected chi connectivity index (χ4v) is 4.73. The second-order valence-corrected chi connectivity index (χ2v) is 9.23. The Morgan fingerprint density at radius 1 is 0.912 bits per heavy atom. The molecule has 2 nitrogen and oxygen atoms in total. The maximum Gasteiger partial charge on any atom is 0.429 e. The molecule has 184 valence electrons. The average molecular weight is 480 g/mol. The number of hydrogen-bond donors (Lipinski definition) is 0. The van der Waals surface area contributed by atoms with E-state index in [1.807, 2.05) is 0 Å². The summed E-state index contributed by atoms with van der Waals surface area (Å²) in [5, 5.41) is 8.67. The molecule has 0 bridgehead atoms. The molecule has 2 aromatic carbocycles. The Labute approximate surface area is 197 Å². The smallest absolute Gasteiger partial charge is 0.429 e. The summed E-state index contributed by atoms with van der Waals surface area (Å²) in [7, 11) is 0. The predicted octanol–water partition coefficient (Wildman–Crippen LogP) is 8.42. The molecule has 3 rings (SSSR count). The van der Waals surface area contributed by atoms with E-state index in [9.17, 15) is 22.0 Å². The fourth-order valence-electron chi connectivity index (χ4n) is 4.73. The lowest BCUT2D eigenvalue weighted by molar-refractivity contribution is -0.187. The van der Waals surface area contributed by atoms with E-state index >= 15 is 0 Å². The summed E-state index contributed by atoms with van der Waals surface area (Å²) in [6.07, 6.45) is 7.20. The SMILES string of the molecule is CCCCC[C@H]1CC[C@H](CCc2ccc(C(F)(F)Oc3cc(F)c(C#N)c(F)c3)c(F)c2)CC1. The van der Waals surface area contributed by atoms with Crippen LogP contribution in [0.2, 0.25) is 0 Å². The third kappa shape index (κ3) is 6.71. The van der Waals surface area contributed by atoms with Crippen molar-refractivity contribution in [2.24, 2.45) is 11.8 Å². The van der Waals surface area contributed by atoms with Crippen LogP contribution in [0.3, 0.4) is 0 Å². The van der Waals surface area contributed by atoms with Crippen molar-refractivity contribution in [3.05, 3.63) is 64.5 Å². The van der Waals surface area contributed by atoms with Gasteiger partial charge in [0.05, 0.1) is 5.56 Å². The van der Waals surface area contributed by atoms with Crippen molar-refractivity contribution in [2.75, 3.05) is 0 Å². The van der Waals surface area contributed by atoms with Crippen molar-refractivity contribution in [1.82, 2.24) is 0 Å². The van der Waals surface area contributed by atoms with Crippen LogP contribution < -0.4 is 4.74 Å². The first-order chi connectivity index (χ1) is 16.2. The zero-order valence-electron chi connectivity index (χ0n) is 19.4. The van der Waals surface area contributed by atoms with E-state index < -0.39 is 40.4 Å². The molecule has 0 aromatic heterocycles. The van der Waals surface area contributed by atoms with E-state index in [-0.39, 0.29) is 0 Å². The van der Waals surface area contributed by atoms with Crippen LogP contribution in [0.15, 0.2) is 30.3 Å². The number of nitrogens with zero attached hydrogens (tertiary/aromatic N) is 1. The summed E-state index contributed by atoms with van der Waals surface area (Å²) in [4.78, 5) is 0. The molecular formula is C27H30F5NO. The van der Waals surface area contributed by atoms with Gasteiger partial charge in [-0.25, -0.2) is 13.2 Å². The van der Waals surface area contributed by atoms with Crippen LogP contribution >= 0.6 is 0 Å². The first kappa shape index (κ1) is 26.0. The van der Waals surface area contributed by atoms with Gasteiger partial charge in [-0.2, -0.15) is 14.0 Å². The van der Waals surface area contributed by atoms with E-state index in [0.29, 0.717) is 30.0 Å². The van der Waals surface area contributed by atoms with Crippen LogP contribution in [0.5, 0.6) is 5.75 Å². The average Bonchev–Trinajstić information content (AvgIpc) is 2.78. The molecule has 0 atom stereocenters. The summed E-state index contributed by atoms with van der Waals surface area (Å²) in [5.74, 6) is -3.28. The maximum atomic E-state index is 14.5. The van der Waals surface area contributed by atoms with Gasteiger partial charge < -0.3 is 4.74 Å². The second kappa shape index (κ2) is 11.7. The maximum absolute atomic E-state index is 14.5. The van der Waals surface area contributed by atoms with Crippen LogP contribution in [0.4, 0.5) is 22.0 Å². The molecule has 0 spiro atoms. The lowest BCUT2D eigenvalue weighted by Gasteiger charge is -2.28. The Bertz CT molecular complexity index is 986. The molecule has 0 saturated heterocycles. The van der Waals surface area contributed by atoms with E-state index in [4.69, 9.17) is 5.26 Å². The number of benzene rings is 2. The Kier molecular flexibility index (Phi) is 8.93. The van der Waals surface area contributed by atoms with Gasteiger partial charge in [0, 0.05) is 12.1 Å². The highest BCUT2D eigenvalue weighted by Crippen LogP contribution is 2.36. The molecule has 0 N–H and O–H groups in total. The monoisotopic (exact) mass is 479 g/mol. The van der Waals surface area contributed by atoms with Gasteiger partial charge in [0.1, 0.15) is 34.8 Å². The quantitative estimate of drug-likeness (QED) is 0.253. The fraction of sp³-hybridized carbons (Fsp3) is 0.519. The number of hydrogen-bond acceptors (Lipinski definition) is 2. The molecule has 0 radical (unpaired) electrons. The third-order valence-corrected chi connectivity index (χ3v) is 6.74. The van der Waals surface area contributed by atoms with Crippen molar-refractivity contribution in [2.45, 2.75) is 77.2 Å². The highest BCUT2D eigenvalue weighted by molar-refractivity contribution is 5.38. The van der Waals surface area contributed by atoms with Gasteiger partial charge in [0.25, 0.3) is 0 Å². The normalized spacial score (nSPS) is 18.5. The highest BCUT2D eigenvalue weighted by atomic mass is 19.3. The Morgan fingerprint density at radius 2 is 1.53 bits per heavy atom. The highest BCUT2D eigenvalue weighted by Gasteiger charge is 2.38. The first-order valence-electron chi connectivity index (χ1n) is 12.0. The van der Waals surface area contributed by atoms with Crippen LogP contribution in [-0.4, -0.2) is 0 Å². The number of rotatable bonds is 10. The minimum absolute atomic E-state index is 0.473. The zero-order chi connectivity index (χ0) is 24.7. The summed E-state index contributed by atoms with van der Waals surface area (Å²) < 4.78 is 75.4. The van der Waals surface area contributed by atoms with E-state index in [1.165, 1.54) is 50.7 Å². The Balaban J connectivity index is 1.57. The van der Waals surface area contributed by atoms with Crippen LogP contribution in [0, 0.1) is 40.6 Å². The van der Waals surface area contributed by atoms with E-state index in [1.54, 1.807) is 0 Å². The van der Waals surface area contributed by atoms with Crippen molar-refractivity contribution >= 4 is 0 Å². The third-order valence-electron chi connectivity index (χ3n) is 6.74. The van der Waals surface area contributed by atoms with Gasteiger partial charge in [0.2, 0.25) is 0 Å². The first-order valence-corrected chi connectivity index (χ1v) is 12.0. The van der Waals surface area contributed by atoms with Gasteiger partial charge in [0.15, 0.2) is 0 Å². The van der Waals surface area contributed by atoms with Gasteiger partial charge in [-0.15, -0.1) is 0 Å². The van der Waals surface area contributed by atoms with Gasteiger partial charge in [-0.1, -0.05) is 64.4 Å².